The molecule has 0 spiro atoms. The van der Waals surface area contributed by atoms with Gasteiger partial charge in [0.15, 0.2) is 0 Å². The molecule has 0 saturated heterocycles. The fourth-order valence-electron chi connectivity index (χ4n) is 1.50. The average Bonchev–Trinajstić information content (AvgIpc) is 2.60. The maximum Gasteiger partial charge on any atom is 0.314 e. The summed E-state index contributed by atoms with van der Waals surface area (Å²) in [6, 6.07) is 7.99. The summed E-state index contributed by atoms with van der Waals surface area (Å²) in [5.74, 6) is 0.620. The lowest BCUT2D eigenvalue weighted by Crippen LogP contribution is -2.13. The van der Waals surface area contributed by atoms with Crippen molar-refractivity contribution in [3.05, 3.63) is 29.8 Å². The normalized spacial score (nSPS) is 19.6. The van der Waals surface area contributed by atoms with E-state index in [1.54, 1.807) is 11.8 Å². The number of fused-ring (bicyclic) bond motifs is 1. The first kappa shape index (κ1) is 8.63. The monoisotopic (exact) mass is 194 g/mol. The van der Waals surface area contributed by atoms with Gasteiger partial charge < -0.3 is 4.74 Å². The van der Waals surface area contributed by atoms with Crippen molar-refractivity contribution in [3.63, 3.8) is 0 Å². The summed E-state index contributed by atoms with van der Waals surface area (Å²) in [6.45, 7) is 0. The molecule has 0 N–H and O–H groups in total. The van der Waals surface area contributed by atoms with Crippen molar-refractivity contribution >= 4 is 17.7 Å². The van der Waals surface area contributed by atoms with Crippen LogP contribution in [0.2, 0.25) is 0 Å². The van der Waals surface area contributed by atoms with Crippen LogP contribution in [0.3, 0.4) is 0 Å². The molecule has 3 heteroatoms. The molecule has 1 heterocycles. The minimum Gasteiger partial charge on any atom is -0.469 e. The molecule has 13 heavy (non-hydrogen) atoms. The molecule has 1 aromatic rings. The molecular formula is C10H10O2S. The van der Waals surface area contributed by atoms with E-state index in [9.17, 15) is 4.79 Å². The maximum atomic E-state index is 11.3. The third-order valence-electron chi connectivity index (χ3n) is 2.19. The number of ether oxygens (including phenoxy) is 1. The summed E-state index contributed by atoms with van der Waals surface area (Å²) in [6.07, 6.45) is 0. The highest BCUT2D eigenvalue weighted by Crippen LogP contribution is 2.39. The number of esters is 1. The van der Waals surface area contributed by atoms with Gasteiger partial charge in [0.2, 0.25) is 0 Å². The van der Waals surface area contributed by atoms with E-state index in [-0.39, 0.29) is 11.9 Å². The third kappa shape index (κ3) is 1.44. The van der Waals surface area contributed by atoms with Crippen molar-refractivity contribution < 1.29 is 9.53 Å². The fraction of sp³-hybridized carbons (Fsp3) is 0.300. The second-order valence-electron chi connectivity index (χ2n) is 2.92. The highest BCUT2D eigenvalue weighted by atomic mass is 32.2. The molecule has 1 aromatic carbocycles. The molecule has 0 radical (unpaired) electrons. The lowest BCUT2D eigenvalue weighted by Gasteiger charge is -2.06. The summed E-state index contributed by atoms with van der Waals surface area (Å²) < 4.78 is 4.74. The van der Waals surface area contributed by atoms with Gasteiger partial charge in [-0.3, -0.25) is 4.79 Å². The number of carbonyl (C=O) groups is 1. The Bertz CT molecular complexity index is 335. The van der Waals surface area contributed by atoms with Gasteiger partial charge in [0.1, 0.15) is 0 Å². The Morgan fingerprint density at radius 3 is 3.08 bits per heavy atom. The highest BCUT2D eigenvalue weighted by molar-refractivity contribution is 7.99. The van der Waals surface area contributed by atoms with Crippen molar-refractivity contribution in [2.75, 3.05) is 12.9 Å². The molecule has 0 bridgehead atoms. The third-order valence-corrected chi connectivity index (χ3v) is 3.37. The molecule has 0 fully saturated rings. The maximum absolute atomic E-state index is 11.3. The van der Waals surface area contributed by atoms with Crippen LogP contribution in [0.5, 0.6) is 0 Å². The van der Waals surface area contributed by atoms with Crippen LogP contribution in [0.1, 0.15) is 11.5 Å². The average molecular weight is 194 g/mol. The molecule has 1 aliphatic heterocycles. The number of hydrogen-bond acceptors (Lipinski definition) is 3. The molecule has 0 saturated carbocycles. The molecule has 0 aromatic heterocycles. The molecule has 0 aliphatic carbocycles. The number of thioether (sulfide) groups is 1. The van der Waals surface area contributed by atoms with Crippen LogP contribution in [0, 0.1) is 0 Å². The van der Waals surface area contributed by atoms with Crippen molar-refractivity contribution in [1.82, 2.24) is 0 Å². The van der Waals surface area contributed by atoms with Crippen LogP contribution in [-0.4, -0.2) is 18.8 Å². The predicted molar refractivity (Wildman–Crippen MR) is 51.9 cm³/mol. The van der Waals surface area contributed by atoms with Crippen molar-refractivity contribution in [2.24, 2.45) is 0 Å². The summed E-state index contributed by atoms with van der Waals surface area (Å²) in [5, 5.41) is 0. The van der Waals surface area contributed by atoms with Gasteiger partial charge in [-0.2, -0.15) is 0 Å². The van der Waals surface area contributed by atoms with Crippen LogP contribution in [0.4, 0.5) is 0 Å². The molecular weight excluding hydrogens is 184 g/mol. The molecule has 1 unspecified atom stereocenters. The Labute approximate surface area is 81.3 Å². The van der Waals surface area contributed by atoms with E-state index in [0.717, 1.165) is 11.3 Å². The molecule has 1 atom stereocenters. The minimum atomic E-state index is -0.127. The van der Waals surface area contributed by atoms with Crippen LogP contribution in [0.15, 0.2) is 29.2 Å². The quantitative estimate of drug-likeness (QED) is 0.640. The smallest absolute Gasteiger partial charge is 0.314 e. The Morgan fingerprint density at radius 2 is 2.31 bits per heavy atom. The Morgan fingerprint density at radius 1 is 1.54 bits per heavy atom. The topological polar surface area (TPSA) is 26.3 Å². The molecule has 2 rings (SSSR count). The van der Waals surface area contributed by atoms with Gasteiger partial charge in [0.05, 0.1) is 13.0 Å². The second-order valence-corrected chi connectivity index (χ2v) is 3.99. The van der Waals surface area contributed by atoms with Gasteiger partial charge in [0, 0.05) is 10.6 Å². The van der Waals surface area contributed by atoms with E-state index >= 15 is 0 Å². The number of methoxy groups -OCH3 is 1. The number of benzene rings is 1. The molecule has 68 valence electrons. The van der Waals surface area contributed by atoms with Gasteiger partial charge in [-0.25, -0.2) is 0 Å². The largest absolute Gasteiger partial charge is 0.469 e. The van der Waals surface area contributed by atoms with Crippen LogP contribution in [-0.2, 0) is 9.53 Å². The Hall–Kier alpha value is -0.960. The minimum absolute atomic E-state index is 0.0637. The molecule has 2 nitrogen and oxygen atoms in total. The van der Waals surface area contributed by atoms with Crippen molar-refractivity contribution in [3.8, 4) is 0 Å². The van der Waals surface area contributed by atoms with Gasteiger partial charge >= 0.3 is 5.97 Å². The Balaban J connectivity index is 2.33. The molecule has 0 amide bonds. The van der Waals surface area contributed by atoms with Crippen molar-refractivity contribution in [2.45, 2.75) is 10.8 Å². The number of rotatable bonds is 1. The SMILES string of the molecule is COC(=O)C1CSc2ccccc21. The van der Waals surface area contributed by atoms with E-state index in [1.165, 1.54) is 12.0 Å². The first-order chi connectivity index (χ1) is 6.33. The zero-order chi connectivity index (χ0) is 9.26. The first-order valence-electron chi connectivity index (χ1n) is 4.12. The number of hydrogen-bond donors (Lipinski definition) is 0. The first-order valence-corrected chi connectivity index (χ1v) is 5.11. The van der Waals surface area contributed by atoms with E-state index in [1.807, 2.05) is 24.3 Å². The van der Waals surface area contributed by atoms with E-state index in [4.69, 9.17) is 4.74 Å². The van der Waals surface area contributed by atoms with E-state index in [2.05, 4.69) is 0 Å². The van der Waals surface area contributed by atoms with Gasteiger partial charge in [-0.15, -0.1) is 11.8 Å². The lowest BCUT2D eigenvalue weighted by atomic mass is 10.0. The van der Waals surface area contributed by atoms with Gasteiger partial charge in [-0.05, 0) is 11.6 Å². The van der Waals surface area contributed by atoms with E-state index < -0.39 is 0 Å². The summed E-state index contributed by atoms with van der Waals surface area (Å²) >= 11 is 1.72. The second kappa shape index (κ2) is 3.42. The highest BCUT2D eigenvalue weighted by Gasteiger charge is 2.29. The van der Waals surface area contributed by atoms with Crippen molar-refractivity contribution in [1.29, 1.82) is 0 Å². The van der Waals surface area contributed by atoms with E-state index in [0.29, 0.717) is 0 Å². The number of carbonyl (C=O) groups excluding carboxylic acids is 1. The van der Waals surface area contributed by atoms with Crippen LogP contribution < -0.4 is 0 Å². The van der Waals surface area contributed by atoms with Crippen LogP contribution in [0.25, 0.3) is 0 Å². The summed E-state index contributed by atoms with van der Waals surface area (Å²) in [7, 11) is 1.44. The fourth-order valence-corrected chi connectivity index (χ4v) is 2.71. The van der Waals surface area contributed by atoms with Crippen LogP contribution >= 0.6 is 11.8 Å². The summed E-state index contributed by atoms with van der Waals surface area (Å²) in [4.78, 5) is 12.5. The summed E-state index contributed by atoms with van der Waals surface area (Å²) in [5.41, 5.74) is 1.11. The standard InChI is InChI=1S/C10H10O2S/c1-12-10(11)8-6-13-9-5-3-2-4-7(8)9/h2-5,8H,6H2,1H3. The van der Waals surface area contributed by atoms with Gasteiger partial charge in [0.25, 0.3) is 0 Å². The van der Waals surface area contributed by atoms with Gasteiger partial charge in [-0.1, -0.05) is 18.2 Å². The Kier molecular flexibility index (Phi) is 2.27. The predicted octanol–water partition coefficient (Wildman–Crippen LogP) is 2.05. The zero-order valence-corrected chi connectivity index (χ0v) is 8.14. The lowest BCUT2D eigenvalue weighted by molar-refractivity contribution is -0.141. The molecule has 1 aliphatic rings. The zero-order valence-electron chi connectivity index (χ0n) is 7.32.